The van der Waals surface area contributed by atoms with Crippen molar-refractivity contribution in [1.82, 2.24) is 20.1 Å². The van der Waals surface area contributed by atoms with Gasteiger partial charge in [-0.3, -0.25) is 0 Å². The smallest absolute Gasteiger partial charge is 0.140 e. The van der Waals surface area contributed by atoms with Crippen LogP contribution in [0.5, 0.6) is 0 Å². The maximum absolute atomic E-state index is 9.96. The van der Waals surface area contributed by atoms with Crippen molar-refractivity contribution < 1.29 is 5.11 Å². The Labute approximate surface area is 96.9 Å². The molecule has 0 aromatic carbocycles. The average molecular weight is 226 g/mol. The predicted molar refractivity (Wildman–Crippen MR) is 62.9 cm³/mol. The molecule has 0 bridgehead atoms. The third-order valence-corrected chi connectivity index (χ3v) is 2.57. The van der Waals surface area contributed by atoms with Crippen molar-refractivity contribution in [3.05, 3.63) is 12.2 Å². The Kier molecular flexibility index (Phi) is 4.89. The number of rotatable bonds is 7. The van der Waals surface area contributed by atoms with Crippen molar-refractivity contribution in [2.75, 3.05) is 6.54 Å². The first kappa shape index (κ1) is 13.1. The summed E-state index contributed by atoms with van der Waals surface area (Å²) in [5.74, 6) is 0.912. The molecular formula is C11H22N4O. The van der Waals surface area contributed by atoms with E-state index in [1.54, 1.807) is 6.33 Å². The molecule has 0 spiro atoms. The number of nitrogens with one attached hydrogen (secondary N) is 1. The van der Waals surface area contributed by atoms with Crippen LogP contribution in [-0.2, 0) is 13.1 Å². The van der Waals surface area contributed by atoms with E-state index in [0.717, 1.165) is 25.2 Å². The van der Waals surface area contributed by atoms with Gasteiger partial charge in [-0.2, -0.15) is 5.10 Å². The molecule has 92 valence electrons. The monoisotopic (exact) mass is 226 g/mol. The van der Waals surface area contributed by atoms with Crippen LogP contribution in [0.1, 0.15) is 39.4 Å². The van der Waals surface area contributed by atoms with Crippen LogP contribution in [0.2, 0.25) is 0 Å². The number of aromatic nitrogens is 3. The maximum atomic E-state index is 9.96. The van der Waals surface area contributed by atoms with Gasteiger partial charge < -0.3 is 10.4 Å². The molecule has 0 saturated carbocycles. The molecule has 0 saturated heterocycles. The van der Waals surface area contributed by atoms with Crippen molar-refractivity contribution in [1.29, 1.82) is 0 Å². The zero-order chi connectivity index (χ0) is 12.0. The van der Waals surface area contributed by atoms with Crippen molar-refractivity contribution >= 4 is 0 Å². The Morgan fingerprint density at radius 1 is 1.50 bits per heavy atom. The fourth-order valence-corrected chi connectivity index (χ4v) is 1.76. The first-order chi connectivity index (χ1) is 7.59. The molecule has 1 heterocycles. The highest BCUT2D eigenvalue weighted by Crippen LogP contribution is 2.10. The molecule has 2 N–H and O–H groups in total. The van der Waals surface area contributed by atoms with Crippen LogP contribution in [0.15, 0.2) is 6.33 Å². The van der Waals surface area contributed by atoms with Gasteiger partial charge in [-0.25, -0.2) is 9.67 Å². The summed E-state index contributed by atoms with van der Waals surface area (Å²) in [5, 5.41) is 17.3. The Hall–Kier alpha value is -0.940. The van der Waals surface area contributed by atoms with Gasteiger partial charge in [0.2, 0.25) is 0 Å². The number of aryl methyl sites for hydroxylation is 1. The Morgan fingerprint density at radius 2 is 2.25 bits per heavy atom. The second-order valence-electron chi connectivity index (χ2n) is 4.34. The van der Waals surface area contributed by atoms with Crippen molar-refractivity contribution in [3.8, 4) is 0 Å². The lowest BCUT2D eigenvalue weighted by molar-refractivity contribution is 0.0495. The van der Waals surface area contributed by atoms with E-state index in [2.05, 4.69) is 22.3 Å². The van der Waals surface area contributed by atoms with Crippen LogP contribution in [-0.4, -0.2) is 32.0 Å². The molecule has 1 rings (SSSR count). The molecule has 1 aromatic heterocycles. The van der Waals surface area contributed by atoms with Crippen LogP contribution in [0.3, 0.4) is 0 Å². The summed E-state index contributed by atoms with van der Waals surface area (Å²) in [6.07, 6.45) is 3.35. The quantitative estimate of drug-likeness (QED) is 0.726. The fraction of sp³-hybridized carbons (Fsp3) is 0.818. The van der Waals surface area contributed by atoms with Gasteiger partial charge in [-0.05, 0) is 20.3 Å². The summed E-state index contributed by atoms with van der Waals surface area (Å²) in [4.78, 5) is 4.16. The van der Waals surface area contributed by atoms with Gasteiger partial charge in [0.15, 0.2) is 0 Å². The molecule has 0 fully saturated rings. The SMILES string of the molecule is CCCC(C)(O)CNCc1ncnn1CC. The Balaban J connectivity index is 2.35. The zero-order valence-corrected chi connectivity index (χ0v) is 10.4. The van der Waals surface area contributed by atoms with E-state index in [1.807, 2.05) is 18.5 Å². The standard InChI is InChI=1S/C11H22N4O/c1-4-6-11(3,16)8-12-7-10-13-9-14-15(10)5-2/h9,12,16H,4-8H2,1-3H3. The van der Waals surface area contributed by atoms with Crippen molar-refractivity contribution in [2.45, 2.75) is 52.3 Å². The van der Waals surface area contributed by atoms with Gasteiger partial charge >= 0.3 is 0 Å². The van der Waals surface area contributed by atoms with Gasteiger partial charge in [0, 0.05) is 13.1 Å². The van der Waals surface area contributed by atoms with E-state index in [9.17, 15) is 5.11 Å². The second-order valence-corrected chi connectivity index (χ2v) is 4.34. The fourth-order valence-electron chi connectivity index (χ4n) is 1.76. The highest BCUT2D eigenvalue weighted by atomic mass is 16.3. The third kappa shape index (κ3) is 3.90. The number of aliphatic hydroxyl groups is 1. The molecule has 5 heteroatoms. The number of nitrogens with zero attached hydrogens (tertiary/aromatic N) is 3. The summed E-state index contributed by atoms with van der Waals surface area (Å²) in [6.45, 7) is 8.01. The highest BCUT2D eigenvalue weighted by Gasteiger charge is 2.18. The first-order valence-electron chi connectivity index (χ1n) is 5.89. The zero-order valence-electron chi connectivity index (χ0n) is 10.4. The minimum atomic E-state index is -0.633. The second kappa shape index (κ2) is 5.96. The molecule has 0 amide bonds. The molecule has 16 heavy (non-hydrogen) atoms. The lowest BCUT2D eigenvalue weighted by atomic mass is 10.0. The third-order valence-electron chi connectivity index (χ3n) is 2.57. The van der Waals surface area contributed by atoms with E-state index in [0.29, 0.717) is 13.1 Å². The van der Waals surface area contributed by atoms with Crippen LogP contribution >= 0.6 is 0 Å². The molecule has 0 aliphatic rings. The summed E-state index contributed by atoms with van der Waals surface area (Å²) < 4.78 is 1.85. The Bertz CT molecular complexity index is 309. The van der Waals surface area contributed by atoms with E-state index < -0.39 is 5.60 Å². The van der Waals surface area contributed by atoms with E-state index >= 15 is 0 Å². The van der Waals surface area contributed by atoms with Crippen LogP contribution in [0.4, 0.5) is 0 Å². The number of hydrogen-bond donors (Lipinski definition) is 2. The van der Waals surface area contributed by atoms with E-state index in [4.69, 9.17) is 0 Å². The lowest BCUT2D eigenvalue weighted by Crippen LogP contribution is -2.37. The summed E-state index contributed by atoms with van der Waals surface area (Å²) in [5.41, 5.74) is -0.633. The molecule has 0 radical (unpaired) electrons. The van der Waals surface area contributed by atoms with Crippen LogP contribution in [0, 0.1) is 0 Å². The highest BCUT2D eigenvalue weighted by molar-refractivity contribution is 4.85. The molecule has 0 aliphatic carbocycles. The number of hydrogen-bond acceptors (Lipinski definition) is 4. The van der Waals surface area contributed by atoms with E-state index in [-0.39, 0.29) is 0 Å². The minimum Gasteiger partial charge on any atom is -0.389 e. The predicted octanol–water partition coefficient (Wildman–Crippen LogP) is 0.939. The Morgan fingerprint density at radius 3 is 2.88 bits per heavy atom. The molecule has 0 aliphatic heterocycles. The lowest BCUT2D eigenvalue weighted by Gasteiger charge is -2.22. The largest absolute Gasteiger partial charge is 0.389 e. The topological polar surface area (TPSA) is 63.0 Å². The van der Waals surface area contributed by atoms with Crippen molar-refractivity contribution in [3.63, 3.8) is 0 Å². The van der Waals surface area contributed by atoms with Crippen LogP contribution in [0.25, 0.3) is 0 Å². The van der Waals surface area contributed by atoms with Gasteiger partial charge in [0.1, 0.15) is 12.2 Å². The van der Waals surface area contributed by atoms with Crippen LogP contribution < -0.4 is 5.32 Å². The normalized spacial score (nSPS) is 15.0. The average Bonchev–Trinajstić information content (AvgIpc) is 2.64. The molecule has 1 unspecified atom stereocenters. The van der Waals surface area contributed by atoms with Gasteiger partial charge in [0.05, 0.1) is 12.1 Å². The molecule has 5 nitrogen and oxygen atoms in total. The maximum Gasteiger partial charge on any atom is 0.140 e. The first-order valence-corrected chi connectivity index (χ1v) is 5.89. The van der Waals surface area contributed by atoms with Gasteiger partial charge in [0.25, 0.3) is 0 Å². The minimum absolute atomic E-state index is 0.581. The van der Waals surface area contributed by atoms with Crippen molar-refractivity contribution in [2.24, 2.45) is 0 Å². The molecule has 1 aromatic rings. The molecule has 1 atom stereocenters. The van der Waals surface area contributed by atoms with Gasteiger partial charge in [-0.1, -0.05) is 13.3 Å². The van der Waals surface area contributed by atoms with Gasteiger partial charge in [-0.15, -0.1) is 0 Å². The van der Waals surface area contributed by atoms with E-state index in [1.165, 1.54) is 0 Å². The molecular weight excluding hydrogens is 204 g/mol. The summed E-state index contributed by atoms with van der Waals surface area (Å²) in [7, 11) is 0. The summed E-state index contributed by atoms with van der Waals surface area (Å²) in [6, 6.07) is 0. The summed E-state index contributed by atoms with van der Waals surface area (Å²) >= 11 is 0.